The van der Waals surface area contributed by atoms with Crippen LogP contribution in [0.25, 0.3) is 0 Å². The summed E-state index contributed by atoms with van der Waals surface area (Å²) in [6.45, 7) is 3.06. The molecule has 1 saturated heterocycles. The summed E-state index contributed by atoms with van der Waals surface area (Å²) in [6.07, 6.45) is 0. The molecule has 0 aromatic rings. The first-order valence-corrected chi connectivity index (χ1v) is 8.42. The van der Waals surface area contributed by atoms with Gasteiger partial charge in [0.1, 0.15) is 0 Å². The second kappa shape index (κ2) is 7.20. The third kappa shape index (κ3) is 5.71. The molecule has 1 atom stereocenters. The molecule has 0 aromatic heterocycles. The second-order valence-corrected chi connectivity index (χ2v) is 6.77. The summed E-state index contributed by atoms with van der Waals surface area (Å²) in [4.78, 5) is 11.6. The molecule has 0 saturated carbocycles. The van der Waals surface area contributed by atoms with Crippen molar-refractivity contribution in [1.29, 1.82) is 0 Å². The number of nitrogens with one attached hydrogen (secondary N) is 3. The van der Waals surface area contributed by atoms with Crippen LogP contribution < -0.4 is 15.4 Å². The zero-order chi connectivity index (χ0) is 12.7. The molecule has 3 N–H and O–H groups in total. The lowest BCUT2D eigenvalue weighted by atomic mass is 10.3. The molecule has 0 aliphatic carbocycles. The summed E-state index contributed by atoms with van der Waals surface area (Å²) >= 11 is 1.72. The molecule has 0 bridgehead atoms. The molecule has 0 aromatic carbocycles. The van der Waals surface area contributed by atoms with Gasteiger partial charge in [-0.15, -0.1) is 0 Å². The fraction of sp³-hybridized carbons (Fsp3) is 0.889. The third-order valence-electron chi connectivity index (χ3n) is 2.27. The van der Waals surface area contributed by atoms with E-state index in [1.165, 1.54) is 0 Å². The van der Waals surface area contributed by atoms with E-state index in [0.717, 1.165) is 18.1 Å². The molecule has 1 aliphatic heterocycles. The van der Waals surface area contributed by atoms with Crippen molar-refractivity contribution in [3.63, 3.8) is 0 Å². The lowest BCUT2D eigenvalue weighted by molar-refractivity contribution is -0.122. The average Bonchev–Trinajstić information content (AvgIpc) is 2.29. The molecule has 1 aliphatic rings. The summed E-state index contributed by atoms with van der Waals surface area (Å²) in [6, 6.07) is -0.199. The van der Waals surface area contributed by atoms with Gasteiger partial charge in [0.25, 0.3) is 0 Å². The predicted octanol–water partition coefficient (Wildman–Crippen LogP) is -1.25. The summed E-state index contributed by atoms with van der Waals surface area (Å²) < 4.78 is 25.0. The highest BCUT2D eigenvalue weighted by atomic mass is 32.2. The maximum atomic E-state index is 11.6. The van der Waals surface area contributed by atoms with Gasteiger partial charge in [-0.3, -0.25) is 4.79 Å². The van der Waals surface area contributed by atoms with Gasteiger partial charge < -0.3 is 10.6 Å². The smallest absolute Gasteiger partial charge is 0.238 e. The Morgan fingerprint density at radius 2 is 2.29 bits per heavy atom. The third-order valence-corrected chi connectivity index (χ3v) is 4.80. The Labute approximate surface area is 106 Å². The molecule has 1 unspecified atom stereocenters. The molecule has 100 valence electrons. The van der Waals surface area contributed by atoms with Crippen molar-refractivity contribution in [2.24, 2.45) is 0 Å². The van der Waals surface area contributed by atoms with Gasteiger partial charge in [0, 0.05) is 31.1 Å². The molecule has 8 heteroatoms. The minimum absolute atomic E-state index is 0.0769. The Bertz CT molecular complexity index is 339. The van der Waals surface area contributed by atoms with E-state index in [4.69, 9.17) is 0 Å². The van der Waals surface area contributed by atoms with Crippen LogP contribution in [-0.4, -0.2) is 57.3 Å². The van der Waals surface area contributed by atoms with Crippen molar-refractivity contribution in [3.8, 4) is 0 Å². The molecule has 1 amide bonds. The van der Waals surface area contributed by atoms with Crippen LogP contribution in [0, 0.1) is 0 Å². The number of hydrogen-bond donors (Lipinski definition) is 3. The first-order valence-electron chi connectivity index (χ1n) is 5.61. The van der Waals surface area contributed by atoms with Crippen molar-refractivity contribution in [1.82, 2.24) is 15.4 Å². The maximum Gasteiger partial charge on any atom is 0.238 e. The molecule has 0 spiro atoms. The zero-order valence-corrected chi connectivity index (χ0v) is 11.5. The SMILES string of the molecule is CCNS(=O)(=O)CCNC(=O)C1CSCCN1. The number of amides is 1. The van der Waals surface area contributed by atoms with Gasteiger partial charge in [0.2, 0.25) is 15.9 Å². The second-order valence-electron chi connectivity index (χ2n) is 3.69. The maximum absolute atomic E-state index is 11.6. The number of carbonyl (C=O) groups is 1. The van der Waals surface area contributed by atoms with Gasteiger partial charge >= 0.3 is 0 Å². The first-order chi connectivity index (χ1) is 8.05. The van der Waals surface area contributed by atoms with E-state index < -0.39 is 10.0 Å². The van der Waals surface area contributed by atoms with E-state index in [0.29, 0.717) is 6.54 Å². The van der Waals surface area contributed by atoms with E-state index in [-0.39, 0.29) is 24.2 Å². The van der Waals surface area contributed by atoms with Crippen LogP contribution in [0.15, 0.2) is 0 Å². The van der Waals surface area contributed by atoms with Gasteiger partial charge in [-0.05, 0) is 0 Å². The Morgan fingerprint density at radius 3 is 2.88 bits per heavy atom. The molecular formula is C9H19N3O3S2. The fourth-order valence-corrected chi connectivity index (χ4v) is 3.35. The monoisotopic (exact) mass is 281 g/mol. The topological polar surface area (TPSA) is 87.3 Å². The zero-order valence-electron chi connectivity index (χ0n) is 9.86. The quantitative estimate of drug-likeness (QED) is 0.566. The molecule has 0 radical (unpaired) electrons. The minimum Gasteiger partial charge on any atom is -0.354 e. The van der Waals surface area contributed by atoms with Crippen LogP contribution in [0.1, 0.15) is 6.92 Å². The van der Waals surface area contributed by atoms with Crippen LogP contribution >= 0.6 is 11.8 Å². The predicted molar refractivity (Wildman–Crippen MR) is 69.6 cm³/mol. The van der Waals surface area contributed by atoms with Crippen molar-refractivity contribution in [2.75, 3.05) is 36.9 Å². The standard InChI is InChI=1S/C9H19N3O3S2/c1-2-12-17(14,15)6-4-11-9(13)8-7-16-5-3-10-8/h8,10,12H,2-7H2,1H3,(H,11,13). The molecular weight excluding hydrogens is 262 g/mol. The van der Waals surface area contributed by atoms with Crippen LogP contribution in [-0.2, 0) is 14.8 Å². The molecule has 6 nitrogen and oxygen atoms in total. The van der Waals surface area contributed by atoms with E-state index in [1.54, 1.807) is 18.7 Å². The highest BCUT2D eigenvalue weighted by Crippen LogP contribution is 2.07. The van der Waals surface area contributed by atoms with Crippen molar-refractivity contribution in [3.05, 3.63) is 0 Å². The minimum atomic E-state index is -3.25. The highest BCUT2D eigenvalue weighted by Gasteiger charge is 2.20. The molecule has 1 heterocycles. The summed E-state index contributed by atoms with van der Waals surface area (Å²) in [7, 11) is -3.25. The van der Waals surface area contributed by atoms with Gasteiger partial charge in [-0.1, -0.05) is 6.92 Å². The Hall–Kier alpha value is -0.310. The van der Waals surface area contributed by atoms with Gasteiger partial charge in [-0.25, -0.2) is 13.1 Å². The Kier molecular flexibility index (Phi) is 6.24. The highest BCUT2D eigenvalue weighted by molar-refractivity contribution is 7.99. The molecule has 17 heavy (non-hydrogen) atoms. The van der Waals surface area contributed by atoms with Crippen molar-refractivity contribution >= 4 is 27.7 Å². The number of thioether (sulfide) groups is 1. The number of rotatable bonds is 6. The number of carbonyl (C=O) groups excluding carboxylic acids is 1. The lowest BCUT2D eigenvalue weighted by Gasteiger charge is -2.22. The largest absolute Gasteiger partial charge is 0.354 e. The van der Waals surface area contributed by atoms with Crippen LogP contribution in [0.3, 0.4) is 0 Å². The van der Waals surface area contributed by atoms with Crippen LogP contribution in [0.4, 0.5) is 0 Å². The van der Waals surface area contributed by atoms with E-state index >= 15 is 0 Å². The van der Waals surface area contributed by atoms with Crippen LogP contribution in [0.5, 0.6) is 0 Å². The van der Waals surface area contributed by atoms with Gasteiger partial charge in [0.05, 0.1) is 11.8 Å². The van der Waals surface area contributed by atoms with Crippen molar-refractivity contribution < 1.29 is 13.2 Å². The first kappa shape index (κ1) is 14.7. The number of sulfonamides is 1. The Morgan fingerprint density at radius 1 is 1.53 bits per heavy atom. The Balaban J connectivity index is 2.24. The van der Waals surface area contributed by atoms with Gasteiger partial charge in [0.15, 0.2) is 0 Å². The molecule has 1 fully saturated rings. The van der Waals surface area contributed by atoms with E-state index in [1.807, 2.05) is 0 Å². The summed E-state index contributed by atoms with van der Waals surface area (Å²) in [5.74, 6) is 1.56. The summed E-state index contributed by atoms with van der Waals surface area (Å²) in [5, 5.41) is 5.73. The van der Waals surface area contributed by atoms with Crippen molar-refractivity contribution in [2.45, 2.75) is 13.0 Å². The molecule has 1 rings (SSSR count). The summed E-state index contributed by atoms with van der Waals surface area (Å²) in [5.41, 5.74) is 0. The van der Waals surface area contributed by atoms with E-state index in [9.17, 15) is 13.2 Å². The van der Waals surface area contributed by atoms with Crippen LogP contribution in [0.2, 0.25) is 0 Å². The van der Waals surface area contributed by atoms with E-state index in [2.05, 4.69) is 15.4 Å². The van der Waals surface area contributed by atoms with Gasteiger partial charge in [-0.2, -0.15) is 11.8 Å². The lowest BCUT2D eigenvalue weighted by Crippen LogP contribution is -2.49. The number of hydrogen-bond acceptors (Lipinski definition) is 5. The fourth-order valence-electron chi connectivity index (χ4n) is 1.46. The normalized spacial score (nSPS) is 21.1. The average molecular weight is 281 g/mol.